The van der Waals surface area contributed by atoms with Crippen molar-refractivity contribution >= 4 is 34.9 Å². The van der Waals surface area contributed by atoms with Crippen molar-refractivity contribution in [1.82, 2.24) is 0 Å². The van der Waals surface area contributed by atoms with Crippen LogP contribution in [0.25, 0.3) is 21.5 Å². The van der Waals surface area contributed by atoms with Crippen LogP contribution in [0.5, 0.6) is 5.75 Å². The van der Waals surface area contributed by atoms with Gasteiger partial charge >= 0.3 is 0 Å². The van der Waals surface area contributed by atoms with Crippen LogP contribution in [-0.4, -0.2) is 15.0 Å². The van der Waals surface area contributed by atoms with Crippen molar-refractivity contribution in [2.75, 3.05) is 7.11 Å². The second kappa shape index (κ2) is 3.81. The maximum absolute atomic E-state index is 5.37. The highest BCUT2D eigenvalue weighted by Gasteiger charge is 2.02. The molecule has 0 bridgehead atoms. The summed E-state index contributed by atoms with van der Waals surface area (Å²) in [6, 6.07) is 17.2. The molecule has 0 unspecified atom stereocenters. The maximum Gasteiger partial charge on any atom is 0.144 e. The number of fused-ring (bicyclic) bond motifs is 2. The summed E-state index contributed by atoms with van der Waals surface area (Å²) in [6.07, 6.45) is 0. The van der Waals surface area contributed by atoms with Crippen LogP contribution < -0.4 is 10.2 Å². The first-order valence-electron chi connectivity index (χ1n) is 5.75. The zero-order valence-corrected chi connectivity index (χ0v) is 10.0. The van der Waals surface area contributed by atoms with Crippen LogP contribution in [0, 0.1) is 0 Å². The van der Waals surface area contributed by atoms with Gasteiger partial charge in [-0.25, -0.2) is 0 Å². The predicted octanol–water partition coefficient (Wildman–Crippen LogP) is 2.26. The van der Waals surface area contributed by atoms with E-state index in [1.165, 1.54) is 27.0 Å². The molecule has 82 valence electrons. The van der Waals surface area contributed by atoms with E-state index in [4.69, 9.17) is 4.74 Å². The molecule has 3 rings (SSSR count). The van der Waals surface area contributed by atoms with E-state index in [9.17, 15) is 0 Å². The average molecular weight is 220 g/mol. The Balaban J connectivity index is 2.40. The highest BCUT2D eigenvalue weighted by Crippen LogP contribution is 2.24. The van der Waals surface area contributed by atoms with Crippen molar-refractivity contribution in [2.24, 2.45) is 0 Å². The first kappa shape index (κ1) is 10.2. The summed E-state index contributed by atoms with van der Waals surface area (Å²) in [5.74, 6) is 0.952. The molecule has 0 N–H and O–H groups in total. The van der Waals surface area contributed by atoms with Gasteiger partial charge in [-0.05, 0) is 45.2 Å². The molecule has 3 aromatic carbocycles. The summed E-state index contributed by atoms with van der Waals surface area (Å²) in [4.78, 5) is 0. The molecule has 0 saturated carbocycles. The molecule has 0 aliphatic heterocycles. The van der Waals surface area contributed by atoms with E-state index in [1.54, 1.807) is 7.11 Å². The van der Waals surface area contributed by atoms with Crippen molar-refractivity contribution in [3.05, 3.63) is 48.5 Å². The van der Waals surface area contributed by atoms with E-state index in [1.807, 2.05) is 0 Å². The second-order valence-electron chi connectivity index (χ2n) is 4.37. The molecule has 17 heavy (non-hydrogen) atoms. The van der Waals surface area contributed by atoms with E-state index >= 15 is 0 Å². The molecule has 1 nitrogen and oxygen atoms in total. The first-order valence-corrected chi connectivity index (χ1v) is 5.75. The molecular formula is C15H13BO. The van der Waals surface area contributed by atoms with Gasteiger partial charge in [0.15, 0.2) is 0 Å². The van der Waals surface area contributed by atoms with E-state index in [0.29, 0.717) is 0 Å². The second-order valence-corrected chi connectivity index (χ2v) is 4.37. The standard InChI is InChI=1S/C15H13BO/c1-17-15-9-13-7-11-5-3-2-4-10(11)6-12(13)8-14(15)16/h2-9H,16H2,1H3. The molecule has 0 aliphatic rings. The smallest absolute Gasteiger partial charge is 0.144 e. The first-order chi connectivity index (χ1) is 8.28. The van der Waals surface area contributed by atoms with Crippen molar-refractivity contribution < 1.29 is 4.74 Å². The van der Waals surface area contributed by atoms with Crippen molar-refractivity contribution in [3.63, 3.8) is 0 Å². The predicted molar refractivity (Wildman–Crippen MR) is 76.2 cm³/mol. The minimum absolute atomic E-state index is 0.952. The monoisotopic (exact) mass is 220 g/mol. The number of methoxy groups -OCH3 is 1. The lowest BCUT2D eigenvalue weighted by atomic mass is 9.91. The summed E-state index contributed by atoms with van der Waals surface area (Å²) >= 11 is 0. The number of hydrogen-bond donors (Lipinski definition) is 0. The largest absolute Gasteiger partial charge is 0.497 e. The van der Waals surface area contributed by atoms with Crippen LogP contribution in [0.2, 0.25) is 0 Å². The number of rotatable bonds is 1. The molecule has 0 radical (unpaired) electrons. The van der Waals surface area contributed by atoms with Gasteiger partial charge in [0.25, 0.3) is 0 Å². The van der Waals surface area contributed by atoms with Gasteiger partial charge in [-0.15, -0.1) is 0 Å². The van der Waals surface area contributed by atoms with Gasteiger partial charge in [0, 0.05) is 0 Å². The molecule has 0 aromatic heterocycles. The van der Waals surface area contributed by atoms with E-state index < -0.39 is 0 Å². The quantitative estimate of drug-likeness (QED) is 0.451. The third kappa shape index (κ3) is 1.66. The fourth-order valence-electron chi connectivity index (χ4n) is 2.30. The SMILES string of the molecule is Bc1cc2cc3ccccc3cc2cc1OC. The van der Waals surface area contributed by atoms with Crippen molar-refractivity contribution in [1.29, 1.82) is 0 Å². The molecule has 0 spiro atoms. The summed E-state index contributed by atoms with van der Waals surface area (Å²) in [7, 11) is 3.79. The minimum atomic E-state index is 0.952. The Bertz CT molecular complexity index is 704. The topological polar surface area (TPSA) is 9.23 Å². The van der Waals surface area contributed by atoms with Gasteiger partial charge in [-0.3, -0.25) is 0 Å². The third-order valence-electron chi connectivity index (χ3n) is 3.22. The Hall–Kier alpha value is -1.96. The molecule has 2 heteroatoms. The van der Waals surface area contributed by atoms with E-state index in [0.717, 1.165) is 5.75 Å². The van der Waals surface area contributed by atoms with Crippen LogP contribution in [0.3, 0.4) is 0 Å². The fraction of sp³-hybridized carbons (Fsp3) is 0.0667. The van der Waals surface area contributed by atoms with Crippen molar-refractivity contribution in [2.45, 2.75) is 0 Å². The van der Waals surface area contributed by atoms with Gasteiger partial charge in [0.1, 0.15) is 13.6 Å². The summed E-state index contributed by atoms with van der Waals surface area (Å²) in [5, 5.41) is 5.05. The van der Waals surface area contributed by atoms with Crippen LogP contribution in [0.1, 0.15) is 0 Å². The third-order valence-corrected chi connectivity index (χ3v) is 3.22. The maximum atomic E-state index is 5.37. The highest BCUT2D eigenvalue weighted by molar-refractivity contribution is 6.35. The Kier molecular flexibility index (Phi) is 2.29. The summed E-state index contributed by atoms with van der Waals surface area (Å²) in [5.41, 5.74) is 1.18. The van der Waals surface area contributed by atoms with Gasteiger partial charge in [0.2, 0.25) is 0 Å². The lowest BCUT2D eigenvalue weighted by Crippen LogP contribution is -2.06. The molecule has 0 amide bonds. The lowest BCUT2D eigenvalue weighted by Gasteiger charge is -2.08. The zero-order valence-electron chi connectivity index (χ0n) is 10.0. The summed E-state index contributed by atoms with van der Waals surface area (Å²) in [6.45, 7) is 0. The van der Waals surface area contributed by atoms with Gasteiger partial charge in [-0.2, -0.15) is 0 Å². The Morgan fingerprint density at radius 1 is 0.824 bits per heavy atom. The molecule has 0 fully saturated rings. The average Bonchev–Trinajstić information content (AvgIpc) is 2.35. The Labute approximate surface area is 101 Å². The van der Waals surface area contributed by atoms with E-state index in [2.05, 4.69) is 56.4 Å². The lowest BCUT2D eigenvalue weighted by molar-refractivity contribution is 0.419. The minimum Gasteiger partial charge on any atom is -0.497 e. The van der Waals surface area contributed by atoms with Gasteiger partial charge < -0.3 is 4.74 Å². The van der Waals surface area contributed by atoms with Gasteiger partial charge in [0.05, 0.1) is 7.11 Å². The number of benzene rings is 3. The van der Waals surface area contributed by atoms with Gasteiger partial charge in [-0.1, -0.05) is 30.3 Å². The van der Waals surface area contributed by atoms with Crippen LogP contribution in [0.15, 0.2) is 48.5 Å². The highest BCUT2D eigenvalue weighted by atomic mass is 16.5. The molecular weight excluding hydrogens is 207 g/mol. The van der Waals surface area contributed by atoms with Crippen LogP contribution >= 0.6 is 0 Å². The Morgan fingerprint density at radius 2 is 1.41 bits per heavy atom. The van der Waals surface area contributed by atoms with Crippen LogP contribution in [-0.2, 0) is 0 Å². The molecule has 0 saturated heterocycles. The zero-order chi connectivity index (χ0) is 11.8. The number of hydrogen-bond acceptors (Lipinski definition) is 1. The van der Waals surface area contributed by atoms with Crippen LogP contribution in [0.4, 0.5) is 0 Å². The molecule has 0 atom stereocenters. The van der Waals surface area contributed by atoms with Crippen molar-refractivity contribution in [3.8, 4) is 5.75 Å². The normalized spacial score (nSPS) is 10.9. The van der Waals surface area contributed by atoms with E-state index in [-0.39, 0.29) is 0 Å². The number of ether oxygens (including phenoxy) is 1. The molecule has 0 aliphatic carbocycles. The molecule has 3 aromatic rings. The molecule has 0 heterocycles. The Morgan fingerprint density at radius 3 is 2.00 bits per heavy atom. The summed E-state index contributed by atoms with van der Waals surface area (Å²) < 4.78 is 5.37. The fourth-order valence-corrected chi connectivity index (χ4v) is 2.30.